The van der Waals surface area contributed by atoms with Crippen LogP contribution in [0.1, 0.15) is 51.5 Å². The smallest absolute Gasteiger partial charge is 0.416 e. The van der Waals surface area contributed by atoms with Crippen molar-refractivity contribution in [2.75, 3.05) is 32.2 Å². The second-order valence-electron chi connectivity index (χ2n) is 12.7. The normalized spacial score (nSPS) is 18.4. The number of aryl methyl sites for hydroxylation is 1. The number of benzene rings is 2. The zero-order valence-electron chi connectivity index (χ0n) is 28.6. The first-order valence-electron chi connectivity index (χ1n) is 15.9. The Morgan fingerprint density at radius 1 is 0.907 bits per heavy atom. The van der Waals surface area contributed by atoms with Gasteiger partial charge < -0.3 is 19.1 Å². The second kappa shape index (κ2) is 13.7. The fourth-order valence-electron chi connectivity index (χ4n) is 6.22. The predicted molar refractivity (Wildman–Crippen MR) is 171 cm³/mol. The van der Waals surface area contributed by atoms with E-state index in [1.165, 1.54) is 45.7 Å². The summed E-state index contributed by atoms with van der Waals surface area (Å²) in [6.07, 6.45) is -10.6. The molecule has 2 atom stereocenters. The van der Waals surface area contributed by atoms with Gasteiger partial charge in [0.25, 0.3) is 5.92 Å². The SMILES string of the molecule is COC(=O)c1cc(C)c(-c2cc(-c3cnc(N4CC(F)(F)C4)nc3CN3C(=O)OC(c4cc(C(F)(F)F)cc(C(F)(F)F)c4)C3C)c(OC)cc2F)cn1. The number of halogens is 9. The highest BCUT2D eigenvalue weighted by Gasteiger charge is 2.46. The molecule has 6 rings (SSSR count). The minimum Gasteiger partial charge on any atom is -0.496 e. The van der Waals surface area contributed by atoms with E-state index in [2.05, 4.69) is 15.0 Å². The van der Waals surface area contributed by atoms with Crippen LogP contribution in [0, 0.1) is 12.7 Å². The molecular formula is C35H28F9N5O5. The highest BCUT2D eigenvalue weighted by molar-refractivity contribution is 5.88. The van der Waals surface area contributed by atoms with Crippen LogP contribution in [0.15, 0.2) is 48.8 Å². The molecule has 0 saturated carbocycles. The summed E-state index contributed by atoms with van der Waals surface area (Å²) in [5, 5.41) is 0. The zero-order valence-corrected chi connectivity index (χ0v) is 28.6. The van der Waals surface area contributed by atoms with Crippen molar-refractivity contribution in [1.82, 2.24) is 19.9 Å². The van der Waals surface area contributed by atoms with Crippen molar-refractivity contribution in [2.45, 2.75) is 50.8 Å². The third-order valence-electron chi connectivity index (χ3n) is 9.01. The number of nitrogens with zero attached hydrogens (tertiary/aromatic N) is 5. The number of rotatable bonds is 8. The molecule has 2 aliphatic rings. The first kappa shape index (κ1) is 38.1. The minimum atomic E-state index is -5.16. The van der Waals surface area contributed by atoms with Gasteiger partial charge in [-0.1, -0.05) is 0 Å². The Balaban J connectivity index is 1.43. The van der Waals surface area contributed by atoms with Crippen LogP contribution < -0.4 is 9.64 Å². The van der Waals surface area contributed by atoms with Gasteiger partial charge in [-0.2, -0.15) is 26.3 Å². The van der Waals surface area contributed by atoms with Gasteiger partial charge in [-0.15, -0.1) is 0 Å². The fraction of sp³-hybridized carbons (Fsp3) is 0.343. The Hall–Kier alpha value is -5.62. The standard InChI is InChI=1S/C35H28F9N5O5/c1-16-5-26(30(50)53-4)45-11-23(16)21-9-22(28(52-3)10-25(21)36)24-12-46-31(48-14-33(37,38)15-48)47-27(24)13-49-17(2)29(54-32(49)51)18-6-19(34(39,40)41)8-20(7-18)35(42,43)44/h5-12,17,29H,13-15H2,1-4H3. The average Bonchev–Trinajstić information content (AvgIpc) is 3.37. The first-order chi connectivity index (χ1) is 25.2. The van der Waals surface area contributed by atoms with Gasteiger partial charge in [-0.25, -0.2) is 37.7 Å². The van der Waals surface area contributed by atoms with E-state index in [1.807, 2.05) is 0 Å². The molecule has 2 aliphatic heterocycles. The summed E-state index contributed by atoms with van der Waals surface area (Å²) < 4.78 is 141. The second-order valence-corrected chi connectivity index (χ2v) is 12.7. The number of esters is 1. The average molecular weight is 770 g/mol. The highest BCUT2D eigenvalue weighted by Crippen LogP contribution is 2.43. The summed E-state index contributed by atoms with van der Waals surface area (Å²) in [4.78, 5) is 40.2. The number of ether oxygens (including phenoxy) is 3. The van der Waals surface area contributed by atoms with E-state index in [9.17, 15) is 44.7 Å². The monoisotopic (exact) mass is 769 g/mol. The number of pyridine rings is 1. The van der Waals surface area contributed by atoms with Crippen molar-refractivity contribution in [1.29, 1.82) is 0 Å². The molecule has 54 heavy (non-hydrogen) atoms. The van der Waals surface area contributed by atoms with Crippen molar-refractivity contribution < 1.29 is 63.3 Å². The van der Waals surface area contributed by atoms with E-state index in [1.54, 1.807) is 6.92 Å². The van der Waals surface area contributed by atoms with E-state index in [4.69, 9.17) is 14.2 Å². The molecule has 0 N–H and O–H groups in total. The van der Waals surface area contributed by atoms with Gasteiger partial charge in [0, 0.05) is 40.7 Å². The Kier molecular flexibility index (Phi) is 9.64. The maximum atomic E-state index is 15.6. The van der Waals surface area contributed by atoms with E-state index >= 15 is 4.39 Å². The van der Waals surface area contributed by atoms with E-state index < -0.39 is 84.6 Å². The lowest BCUT2D eigenvalue weighted by atomic mass is 9.95. The molecule has 0 spiro atoms. The fourth-order valence-corrected chi connectivity index (χ4v) is 6.22. The Labute approximate surface area is 300 Å². The largest absolute Gasteiger partial charge is 0.496 e. The summed E-state index contributed by atoms with van der Waals surface area (Å²) in [7, 11) is 2.40. The van der Waals surface area contributed by atoms with E-state index in [-0.39, 0.29) is 51.4 Å². The van der Waals surface area contributed by atoms with Crippen molar-refractivity contribution in [2.24, 2.45) is 0 Å². The maximum Gasteiger partial charge on any atom is 0.416 e. The topological polar surface area (TPSA) is 107 Å². The predicted octanol–water partition coefficient (Wildman–Crippen LogP) is 8.02. The maximum absolute atomic E-state index is 15.6. The molecular weight excluding hydrogens is 741 g/mol. The molecule has 10 nitrogen and oxygen atoms in total. The van der Waals surface area contributed by atoms with E-state index in [0.29, 0.717) is 17.7 Å². The molecule has 19 heteroatoms. The summed E-state index contributed by atoms with van der Waals surface area (Å²) >= 11 is 0. The van der Waals surface area contributed by atoms with Gasteiger partial charge in [0.05, 0.1) is 56.7 Å². The van der Waals surface area contributed by atoms with Crippen molar-refractivity contribution in [3.8, 4) is 28.0 Å². The van der Waals surface area contributed by atoms with Gasteiger partial charge in [0.2, 0.25) is 5.95 Å². The molecule has 0 bridgehead atoms. The molecule has 1 amide bonds. The lowest BCUT2D eigenvalue weighted by molar-refractivity contribution is -0.143. The zero-order chi connectivity index (χ0) is 39.5. The van der Waals surface area contributed by atoms with E-state index in [0.717, 1.165) is 15.9 Å². The quantitative estimate of drug-likeness (QED) is 0.130. The minimum absolute atomic E-state index is 0.0244. The summed E-state index contributed by atoms with van der Waals surface area (Å²) in [6, 6.07) is 3.47. The van der Waals surface area contributed by atoms with Crippen LogP contribution in [-0.4, -0.2) is 71.2 Å². The van der Waals surface area contributed by atoms with Crippen LogP contribution in [-0.2, 0) is 28.4 Å². The number of amides is 1. The number of anilines is 1. The summed E-state index contributed by atoms with van der Waals surface area (Å²) in [5.41, 5.74) is -2.96. The number of hydrogen-bond acceptors (Lipinski definition) is 9. The van der Waals surface area contributed by atoms with Crippen molar-refractivity contribution in [3.63, 3.8) is 0 Å². The van der Waals surface area contributed by atoms with Crippen LogP contribution in [0.3, 0.4) is 0 Å². The van der Waals surface area contributed by atoms with Gasteiger partial charge in [-0.3, -0.25) is 4.90 Å². The van der Waals surface area contributed by atoms with Gasteiger partial charge in [0.1, 0.15) is 23.4 Å². The molecule has 4 aromatic rings. The molecule has 2 aromatic carbocycles. The van der Waals surface area contributed by atoms with Gasteiger partial charge in [-0.05, 0) is 55.3 Å². The van der Waals surface area contributed by atoms with Crippen LogP contribution in [0.5, 0.6) is 5.75 Å². The Morgan fingerprint density at radius 3 is 2.09 bits per heavy atom. The van der Waals surface area contributed by atoms with Crippen molar-refractivity contribution in [3.05, 3.63) is 88.3 Å². The molecule has 0 radical (unpaired) electrons. The number of carbonyl (C=O) groups is 2. The molecule has 286 valence electrons. The number of hydrogen-bond donors (Lipinski definition) is 0. The van der Waals surface area contributed by atoms with Gasteiger partial charge in [0.15, 0.2) is 0 Å². The molecule has 2 unspecified atom stereocenters. The summed E-state index contributed by atoms with van der Waals surface area (Å²) in [6.45, 7) is 0.958. The Bertz CT molecular complexity index is 2100. The lowest BCUT2D eigenvalue weighted by Crippen LogP contribution is -2.57. The third kappa shape index (κ3) is 7.30. The number of carbonyl (C=O) groups excluding carboxylic acids is 2. The first-order valence-corrected chi connectivity index (χ1v) is 15.9. The van der Waals surface area contributed by atoms with Crippen LogP contribution >= 0.6 is 0 Å². The van der Waals surface area contributed by atoms with Crippen LogP contribution in [0.4, 0.5) is 50.3 Å². The molecule has 4 heterocycles. The summed E-state index contributed by atoms with van der Waals surface area (Å²) in [5.74, 6) is -4.77. The van der Waals surface area contributed by atoms with Crippen LogP contribution in [0.25, 0.3) is 22.3 Å². The number of cyclic esters (lactones) is 1. The lowest BCUT2D eigenvalue weighted by Gasteiger charge is -2.38. The molecule has 2 fully saturated rings. The Morgan fingerprint density at radius 2 is 1.54 bits per heavy atom. The van der Waals surface area contributed by atoms with Crippen LogP contribution in [0.2, 0.25) is 0 Å². The third-order valence-corrected chi connectivity index (χ3v) is 9.01. The highest BCUT2D eigenvalue weighted by atomic mass is 19.4. The number of methoxy groups -OCH3 is 2. The molecule has 0 aliphatic carbocycles. The number of aromatic nitrogens is 3. The molecule has 2 saturated heterocycles. The molecule has 2 aromatic heterocycles. The van der Waals surface area contributed by atoms with Gasteiger partial charge >= 0.3 is 24.4 Å². The van der Waals surface area contributed by atoms with Crippen molar-refractivity contribution >= 4 is 18.0 Å². The number of alkyl halides is 8.